The molecule has 1 N–H and O–H groups in total. The minimum atomic E-state index is -1.77. The molecule has 3 rings (SSSR count). The van der Waals surface area contributed by atoms with Crippen LogP contribution in [0.4, 0.5) is 0 Å². The van der Waals surface area contributed by atoms with Gasteiger partial charge in [0, 0.05) is 24.9 Å². The fourth-order valence-electron chi connectivity index (χ4n) is 4.23. The summed E-state index contributed by atoms with van der Waals surface area (Å²) in [7, 11) is 0. The number of nitrogens with one attached hydrogen (secondary N) is 1. The molecule has 2 aliphatic rings. The van der Waals surface area contributed by atoms with Crippen LogP contribution >= 0.6 is 23.2 Å². The number of likely N-dealkylation sites (N-methyl/N-ethyl adjacent to an activating group) is 1. The Bertz CT molecular complexity index is 933. The van der Waals surface area contributed by atoms with Crippen molar-refractivity contribution < 1.29 is 0 Å². The summed E-state index contributed by atoms with van der Waals surface area (Å²) < 4.78 is 0. The molecule has 3 atom stereocenters. The highest BCUT2D eigenvalue weighted by Gasteiger charge is 2.58. The van der Waals surface area contributed by atoms with Crippen LogP contribution in [0.25, 0.3) is 0 Å². The van der Waals surface area contributed by atoms with Crippen molar-refractivity contribution in [2.45, 2.75) is 12.8 Å². The quantitative estimate of drug-likeness (QED) is 0.756. The lowest BCUT2D eigenvalue weighted by Gasteiger charge is -2.47. The number of nitrogens with zero attached hydrogens (tertiary/aromatic N) is 4. The minimum Gasteiger partial charge on any atom is -0.305 e. The van der Waals surface area contributed by atoms with Crippen LogP contribution in [0.2, 0.25) is 10.0 Å². The molecule has 1 aromatic rings. The van der Waals surface area contributed by atoms with Crippen molar-refractivity contribution in [2.75, 3.05) is 19.6 Å². The summed E-state index contributed by atoms with van der Waals surface area (Å²) in [6, 6.07) is 11.4. The minimum absolute atomic E-state index is 0.177. The number of rotatable bonds is 2. The van der Waals surface area contributed by atoms with Gasteiger partial charge < -0.3 is 5.41 Å². The van der Waals surface area contributed by atoms with Gasteiger partial charge in [0.15, 0.2) is 5.41 Å². The molecule has 1 aromatic carbocycles. The summed E-state index contributed by atoms with van der Waals surface area (Å²) in [5.41, 5.74) is -0.576. The van der Waals surface area contributed by atoms with E-state index in [9.17, 15) is 15.8 Å². The Balaban J connectivity index is 2.31. The van der Waals surface area contributed by atoms with Gasteiger partial charge in [0.05, 0.1) is 34.0 Å². The maximum atomic E-state index is 10.00. The summed E-state index contributed by atoms with van der Waals surface area (Å²) in [6.45, 7) is 4.11. The largest absolute Gasteiger partial charge is 0.305 e. The molecule has 136 valence electrons. The normalized spacial score (nSPS) is 26.9. The lowest BCUT2D eigenvalue weighted by molar-refractivity contribution is 0.212. The Morgan fingerprint density at radius 2 is 1.96 bits per heavy atom. The molecular formula is C20H17Cl2N5. The number of fused-ring (bicyclic) bond motifs is 1. The summed E-state index contributed by atoms with van der Waals surface area (Å²) in [6.07, 6.45) is 1.96. The van der Waals surface area contributed by atoms with E-state index in [0.717, 1.165) is 12.1 Å². The van der Waals surface area contributed by atoms with E-state index in [-0.39, 0.29) is 16.7 Å². The lowest BCUT2D eigenvalue weighted by Crippen LogP contribution is -2.52. The zero-order valence-electron chi connectivity index (χ0n) is 14.7. The van der Waals surface area contributed by atoms with Gasteiger partial charge in [-0.2, -0.15) is 15.8 Å². The second-order valence-corrected chi connectivity index (χ2v) is 7.58. The molecule has 27 heavy (non-hydrogen) atoms. The first kappa shape index (κ1) is 19.4. The van der Waals surface area contributed by atoms with Gasteiger partial charge in [-0.05, 0) is 23.7 Å². The SMILES string of the molecule is CCN1CC=C2C(C#N)C(=N)C(C#N)(C#N)[C@H](c3cccc(Cl)c3Cl)[C@@H]2C1. The van der Waals surface area contributed by atoms with Gasteiger partial charge in [-0.25, -0.2) is 0 Å². The highest BCUT2D eigenvalue weighted by Crippen LogP contribution is 2.55. The van der Waals surface area contributed by atoms with Gasteiger partial charge in [-0.1, -0.05) is 48.3 Å². The van der Waals surface area contributed by atoms with Crippen LogP contribution in [0, 0.1) is 56.7 Å². The van der Waals surface area contributed by atoms with Gasteiger partial charge in [0.1, 0.15) is 5.92 Å². The molecular weight excluding hydrogens is 381 g/mol. The third kappa shape index (κ3) is 2.82. The molecule has 0 radical (unpaired) electrons. The summed E-state index contributed by atoms with van der Waals surface area (Å²) in [5, 5.41) is 38.9. The van der Waals surface area contributed by atoms with Crippen molar-refractivity contribution in [3.05, 3.63) is 45.5 Å². The maximum Gasteiger partial charge on any atom is 0.189 e. The van der Waals surface area contributed by atoms with E-state index in [2.05, 4.69) is 23.1 Å². The number of benzene rings is 1. The van der Waals surface area contributed by atoms with Crippen molar-refractivity contribution in [2.24, 2.45) is 17.3 Å². The summed E-state index contributed by atoms with van der Waals surface area (Å²) in [5.74, 6) is -1.81. The van der Waals surface area contributed by atoms with Crippen LogP contribution in [-0.2, 0) is 0 Å². The molecule has 0 saturated heterocycles. The van der Waals surface area contributed by atoms with E-state index >= 15 is 0 Å². The van der Waals surface area contributed by atoms with Crippen LogP contribution in [0.3, 0.4) is 0 Å². The monoisotopic (exact) mass is 397 g/mol. The van der Waals surface area contributed by atoms with Crippen LogP contribution < -0.4 is 0 Å². The predicted octanol–water partition coefficient (Wildman–Crippen LogP) is 4.16. The second-order valence-electron chi connectivity index (χ2n) is 6.79. The maximum absolute atomic E-state index is 10.00. The summed E-state index contributed by atoms with van der Waals surface area (Å²) in [4.78, 5) is 2.18. The molecule has 0 aromatic heterocycles. The van der Waals surface area contributed by atoms with Gasteiger partial charge in [0.25, 0.3) is 0 Å². The van der Waals surface area contributed by atoms with Crippen LogP contribution in [0.15, 0.2) is 29.8 Å². The van der Waals surface area contributed by atoms with E-state index in [0.29, 0.717) is 23.7 Å². The van der Waals surface area contributed by atoms with Gasteiger partial charge >= 0.3 is 0 Å². The van der Waals surface area contributed by atoms with Crippen molar-refractivity contribution in [3.63, 3.8) is 0 Å². The first-order chi connectivity index (χ1) is 12.9. The third-order valence-electron chi connectivity index (χ3n) is 5.63. The molecule has 7 heteroatoms. The fraction of sp³-hybridized carbons (Fsp3) is 0.400. The van der Waals surface area contributed by atoms with Gasteiger partial charge in [-0.15, -0.1) is 0 Å². The molecule has 1 heterocycles. The van der Waals surface area contributed by atoms with E-state index in [1.807, 2.05) is 13.0 Å². The Morgan fingerprint density at radius 1 is 1.26 bits per heavy atom. The Morgan fingerprint density at radius 3 is 2.56 bits per heavy atom. The van der Waals surface area contributed by atoms with Crippen LogP contribution in [0.1, 0.15) is 18.4 Å². The third-order valence-corrected chi connectivity index (χ3v) is 6.46. The van der Waals surface area contributed by atoms with E-state index in [4.69, 9.17) is 28.6 Å². The first-order valence-electron chi connectivity index (χ1n) is 8.62. The number of hydrogen-bond acceptors (Lipinski definition) is 5. The fourth-order valence-corrected chi connectivity index (χ4v) is 4.66. The van der Waals surface area contributed by atoms with Crippen molar-refractivity contribution in [1.82, 2.24) is 4.90 Å². The molecule has 1 saturated carbocycles. The number of halogens is 2. The van der Waals surface area contributed by atoms with Crippen molar-refractivity contribution in [1.29, 1.82) is 21.2 Å². The Labute approximate surface area is 168 Å². The number of hydrogen-bond donors (Lipinski definition) is 1. The van der Waals surface area contributed by atoms with Crippen molar-refractivity contribution in [3.8, 4) is 18.2 Å². The van der Waals surface area contributed by atoms with Gasteiger partial charge in [-0.3, -0.25) is 4.90 Å². The van der Waals surface area contributed by atoms with Crippen LogP contribution in [-0.4, -0.2) is 30.2 Å². The molecule has 0 amide bonds. The van der Waals surface area contributed by atoms with E-state index in [1.54, 1.807) is 18.2 Å². The second kappa shape index (κ2) is 7.34. The molecule has 5 nitrogen and oxygen atoms in total. The molecule has 1 fully saturated rings. The Kier molecular flexibility index (Phi) is 5.27. The smallest absolute Gasteiger partial charge is 0.189 e. The van der Waals surface area contributed by atoms with Crippen molar-refractivity contribution >= 4 is 28.9 Å². The van der Waals surface area contributed by atoms with Gasteiger partial charge in [0.2, 0.25) is 0 Å². The molecule has 1 aliphatic carbocycles. The zero-order chi connectivity index (χ0) is 19.8. The average Bonchev–Trinajstić information content (AvgIpc) is 2.69. The predicted molar refractivity (Wildman–Crippen MR) is 103 cm³/mol. The highest BCUT2D eigenvalue weighted by atomic mass is 35.5. The lowest BCUT2D eigenvalue weighted by atomic mass is 9.54. The van der Waals surface area contributed by atoms with E-state index in [1.165, 1.54) is 0 Å². The standard InChI is InChI=1S/C20H17Cl2N5/c1-2-27-7-6-12-14(8-23)19(26)20(10-24,11-25)17(15(12)9-27)13-4-3-5-16(21)18(13)22/h3-6,14-15,17,26H,2,7,9H2,1H3/t14?,15-,17-/m1/s1. The molecule has 0 spiro atoms. The van der Waals surface area contributed by atoms with E-state index < -0.39 is 17.3 Å². The zero-order valence-corrected chi connectivity index (χ0v) is 16.2. The average molecular weight is 398 g/mol. The molecule has 1 unspecified atom stereocenters. The summed E-state index contributed by atoms with van der Waals surface area (Å²) >= 11 is 12.7. The highest BCUT2D eigenvalue weighted by molar-refractivity contribution is 6.42. The Hall–Kier alpha value is -2.36. The van der Waals surface area contributed by atoms with Crippen LogP contribution in [0.5, 0.6) is 0 Å². The molecule has 1 aliphatic heterocycles. The number of nitriles is 3. The molecule has 0 bridgehead atoms. The topological polar surface area (TPSA) is 98.5 Å². The first-order valence-corrected chi connectivity index (χ1v) is 9.38.